The Kier molecular flexibility index (Phi) is 14.2. The molecule has 1 heterocycles. The van der Waals surface area contributed by atoms with Crippen molar-refractivity contribution in [1.82, 2.24) is 0 Å². The van der Waals surface area contributed by atoms with E-state index in [0.29, 0.717) is 12.8 Å². The van der Waals surface area contributed by atoms with E-state index in [2.05, 4.69) is 8.62 Å². The van der Waals surface area contributed by atoms with Crippen LogP contribution in [0.3, 0.4) is 0 Å². The molecule has 0 amide bonds. The minimum absolute atomic E-state index is 0.250. The maximum Gasteiger partial charge on any atom is 0.490 e. The molecule has 6 atom stereocenters. The standard InChI is InChI=1S/C21H31O12P3S2/c1-17(38-37-2)30-20-15-19(14-18-12-10-8-6-4-3-5-7-9-11-13-18)31-21(20)16-29-35(25,26)33-36(27,28)32-34(22,23)24/h3-13,17,19-21H,14-16H2,1-2H3,(H,25,26)(H,27,28)(H2,22,23,24)/b4-3-,5-3?,6-4?,7-5-,8-6-,9-7?,10-8?,11-9-,12-10-,13-11?,18-12?,18-13+/t17-,19-,20?,21+/m0/s1. The van der Waals surface area contributed by atoms with Crippen molar-refractivity contribution in [3.05, 3.63) is 72.4 Å². The van der Waals surface area contributed by atoms with Gasteiger partial charge in [0.15, 0.2) is 0 Å². The van der Waals surface area contributed by atoms with Crippen molar-refractivity contribution in [2.24, 2.45) is 0 Å². The van der Waals surface area contributed by atoms with Gasteiger partial charge in [0, 0.05) is 6.42 Å². The number of hydrogen-bond donors (Lipinski definition) is 4. The van der Waals surface area contributed by atoms with Gasteiger partial charge in [-0.15, -0.1) is 0 Å². The molecule has 0 radical (unpaired) electrons. The maximum absolute atomic E-state index is 12.2. The summed E-state index contributed by atoms with van der Waals surface area (Å²) in [7, 11) is -13.4. The summed E-state index contributed by atoms with van der Waals surface area (Å²) in [4.78, 5) is 36.5. The summed E-state index contributed by atoms with van der Waals surface area (Å²) in [5, 5.41) is 0. The van der Waals surface area contributed by atoms with Crippen LogP contribution in [0.5, 0.6) is 0 Å². The molecule has 4 N–H and O–H groups in total. The fraction of sp³-hybridized carbons (Fsp3) is 0.429. The minimum atomic E-state index is -5.62. The fourth-order valence-electron chi connectivity index (χ4n) is 3.36. The van der Waals surface area contributed by atoms with E-state index in [1.165, 1.54) is 21.6 Å². The highest BCUT2D eigenvalue weighted by molar-refractivity contribution is 8.76. The topological polar surface area (TPSA) is 178 Å². The quantitative estimate of drug-likeness (QED) is 0.116. The first kappa shape index (κ1) is 33.7. The molecule has 1 aliphatic heterocycles. The van der Waals surface area contributed by atoms with E-state index >= 15 is 0 Å². The first-order valence-corrected chi connectivity index (χ1v) is 18.3. The third-order valence-corrected chi connectivity index (χ3v) is 10.4. The molecule has 1 aliphatic carbocycles. The molecule has 17 heteroatoms. The Labute approximate surface area is 229 Å². The number of hydrogen-bond acceptors (Lipinski definition) is 10. The zero-order valence-electron chi connectivity index (χ0n) is 20.5. The lowest BCUT2D eigenvalue weighted by molar-refractivity contribution is -0.0489. The lowest BCUT2D eigenvalue weighted by Gasteiger charge is -2.23. The number of ether oxygens (including phenoxy) is 2. The SMILES string of the molecule is CSS[C@@H](C)OC1C[C@H](CC2=C/C=C\C=C/C=C\C=C/C=C\2)O[C@@H]1COP(=O)(O)OP(=O)(O)OP(=O)(O)O. The molecular formula is C21H31O12P3S2. The van der Waals surface area contributed by atoms with Crippen LogP contribution in [0.2, 0.25) is 0 Å². The van der Waals surface area contributed by atoms with E-state index < -0.39 is 42.3 Å². The third-order valence-electron chi connectivity index (χ3n) is 4.67. The summed E-state index contributed by atoms with van der Waals surface area (Å²) in [6.45, 7) is 1.27. The number of phosphoric ester groups is 1. The predicted octanol–water partition coefficient (Wildman–Crippen LogP) is 5.34. The molecular weight excluding hydrogens is 601 g/mol. The molecule has 214 valence electrons. The third kappa shape index (κ3) is 14.2. The molecule has 12 nitrogen and oxygen atoms in total. The summed E-state index contributed by atoms with van der Waals surface area (Å²) < 4.78 is 59.0. The van der Waals surface area contributed by atoms with Crippen molar-refractivity contribution < 1.29 is 55.9 Å². The van der Waals surface area contributed by atoms with Crippen molar-refractivity contribution in [3.8, 4) is 0 Å². The molecule has 0 spiro atoms. The zero-order valence-corrected chi connectivity index (χ0v) is 24.8. The lowest BCUT2D eigenvalue weighted by atomic mass is 10.0. The highest BCUT2D eigenvalue weighted by atomic mass is 33.1. The second-order valence-corrected chi connectivity index (χ2v) is 15.0. The Balaban J connectivity index is 2.11. The smallest absolute Gasteiger partial charge is 0.369 e. The van der Waals surface area contributed by atoms with Crippen LogP contribution in [0.1, 0.15) is 19.8 Å². The number of allylic oxidation sites excluding steroid dienone is 11. The Morgan fingerprint density at radius 2 is 1.55 bits per heavy atom. The van der Waals surface area contributed by atoms with Crippen molar-refractivity contribution >= 4 is 45.1 Å². The average molecular weight is 633 g/mol. The summed E-state index contributed by atoms with van der Waals surface area (Å²) in [6.07, 6.45) is 22.0. The second-order valence-electron chi connectivity index (χ2n) is 7.77. The summed E-state index contributed by atoms with van der Waals surface area (Å²) in [6, 6.07) is 0. The fourth-order valence-corrected chi connectivity index (χ4v) is 7.80. The van der Waals surface area contributed by atoms with Crippen LogP contribution in [-0.4, -0.2) is 56.2 Å². The van der Waals surface area contributed by atoms with Crippen molar-refractivity contribution in [2.45, 2.75) is 43.5 Å². The molecule has 0 aromatic rings. The molecule has 2 aliphatic rings. The van der Waals surface area contributed by atoms with Crippen LogP contribution in [0, 0.1) is 0 Å². The molecule has 0 saturated carbocycles. The summed E-state index contributed by atoms with van der Waals surface area (Å²) in [5.41, 5.74) is 0.701. The van der Waals surface area contributed by atoms with E-state index in [1.54, 1.807) is 0 Å². The van der Waals surface area contributed by atoms with Gasteiger partial charge in [0.05, 0.1) is 18.8 Å². The highest BCUT2D eigenvalue weighted by Crippen LogP contribution is 2.66. The van der Waals surface area contributed by atoms with Gasteiger partial charge >= 0.3 is 23.5 Å². The molecule has 2 rings (SSSR count). The van der Waals surface area contributed by atoms with Crippen LogP contribution in [0.4, 0.5) is 0 Å². The van der Waals surface area contributed by atoms with Crippen molar-refractivity contribution in [1.29, 1.82) is 0 Å². The largest absolute Gasteiger partial charge is 0.490 e. The molecule has 3 unspecified atom stereocenters. The normalized spacial score (nSPS) is 31.8. The molecule has 0 bridgehead atoms. The van der Waals surface area contributed by atoms with Crippen molar-refractivity contribution in [3.63, 3.8) is 0 Å². The van der Waals surface area contributed by atoms with Crippen LogP contribution < -0.4 is 0 Å². The van der Waals surface area contributed by atoms with Crippen LogP contribution >= 0.6 is 45.1 Å². The first-order valence-electron chi connectivity index (χ1n) is 11.1. The average Bonchev–Trinajstić information content (AvgIpc) is 3.12. The van der Waals surface area contributed by atoms with E-state index in [1.807, 2.05) is 80.0 Å². The first-order chi connectivity index (χ1) is 17.8. The zero-order chi connectivity index (χ0) is 28.2. The molecule has 0 aromatic heterocycles. The van der Waals surface area contributed by atoms with Gasteiger partial charge in [-0.25, -0.2) is 13.7 Å². The Hall–Kier alpha value is -0.530. The molecule has 0 aromatic carbocycles. The predicted molar refractivity (Wildman–Crippen MR) is 147 cm³/mol. The van der Waals surface area contributed by atoms with Gasteiger partial charge in [-0.05, 0) is 25.2 Å². The van der Waals surface area contributed by atoms with Gasteiger partial charge in [0.1, 0.15) is 11.5 Å². The molecule has 1 fully saturated rings. The second kappa shape index (κ2) is 16.0. The summed E-state index contributed by atoms with van der Waals surface area (Å²) in [5.74, 6) is 0. The molecule has 38 heavy (non-hydrogen) atoms. The Morgan fingerprint density at radius 3 is 2.16 bits per heavy atom. The Bertz CT molecular complexity index is 1100. The van der Waals surface area contributed by atoms with E-state index in [-0.39, 0.29) is 11.5 Å². The van der Waals surface area contributed by atoms with Crippen molar-refractivity contribution in [2.75, 3.05) is 12.9 Å². The summed E-state index contributed by atoms with van der Waals surface area (Å²) >= 11 is 0. The number of rotatable bonds is 13. The van der Waals surface area contributed by atoms with Crippen LogP contribution in [0.15, 0.2) is 72.4 Å². The van der Waals surface area contributed by atoms with Gasteiger partial charge in [-0.2, -0.15) is 8.62 Å². The minimum Gasteiger partial charge on any atom is -0.369 e. The monoisotopic (exact) mass is 632 g/mol. The van der Waals surface area contributed by atoms with E-state index in [9.17, 15) is 23.5 Å². The van der Waals surface area contributed by atoms with Gasteiger partial charge in [-0.1, -0.05) is 88.4 Å². The number of phosphoric acid groups is 3. The van der Waals surface area contributed by atoms with Crippen LogP contribution in [0.25, 0.3) is 0 Å². The van der Waals surface area contributed by atoms with E-state index in [0.717, 1.165) is 5.57 Å². The lowest BCUT2D eigenvalue weighted by Crippen LogP contribution is -2.30. The highest BCUT2D eigenvalue weighted by Gasteiger charge is 2.43. The van der Waals surface area contributed by atoms with Crippen LogP contribution in [-0.2, 0) is 36.3 Å². The van der Waals surface area contributed by atoms with Gasteiger partial charge in [0.25, 0.3) is 0 Å². The van der Waals surface area contributed by atoms with Gasteiger partial charge in [0.2, 0.25) is 0 Å². The van der Waals surface area contributed by atoms with E-state index in [4.69, 9.17) is 23.8 Å². The Morgan fingerprint density at radius 1 is 0.947 bits per heavy atom. The van der Waals surface area contributed by atoms with Gasteiger partial charge < -0.3 is 29.0 Å². The molecule has 1 saturated heterocycles. The van der Waals surface area contributed by atoms with Gasteiger partial charge in [-0.3, -0.25) is 4.52 Å². The maximum atomic E-state index is 12.2.